The van der Waals surface area contributed by atoms with E-state index >= 15 is 0 Å². The molecule has 0 spiro atoms. The highest BCUT2D eigenvalue weighted by atomic mass is 16.1. The molecule has 0 bridgehead atoms. The van der Waals surface area contributed by atoms with Crippen LogP contribution in [-0.2, 0) is 4.79 Å². The summed E-state index contributed by atoms with van der Waals surface area (Å²) >= 11 is 0. The van der Waals surface area contributed by atoms with E-state index in [9.17, 15) is 4.79 Å². The van der Waals surface area contributed by atoms with Crippen molar-refractivity contribution in [3.05, 3.63) is 0 Å². The highest BCUT2D eigenvalue weighted by Gasteiger charge is 2.29. The van der Waals surface area contributed by atoms with Gasteiger partial charge in [0.2, 0.25) is 0 Å². The Kier molecular flexibility index (Phi) is 4.93. The zero-order valence-electron chi connectivity index (χ0n) is 11.2. The molecule has 0 aromatic carbocycles. The molecule has 0 aromatic rings. The van der Waals surface area contributed by atoms with Crippen LogP contribution in [0.1, 0.15) is 34.1 Å². The Morgan fingerprint density at radius 2 is 2.00 bits per heavy atom. The van der Waals surface area contributed by atoms with Crippen molar-refractivity contribution < 1.29 is 4.79 Å². The number of hydrogen-bond donors (Lipinski definition) is 0. The van der Waals surface area contributed by atoms with Gasteiger partial charge >= 0.3 is 0 Å². The van der Waals surface area contributed by atoms with Crippen molar-refractivity contribution >= 4 is 6.29 Å². The van der Waals surface area contributed by atoms with Crippen LogP contribution in [0.4, 0.5) is 0 Å². The Hall–Kier alpha value is -0.410. The van der Waals surface area contributed by atoms with E-state index in [4.69, 9.17) is 0 Å². The molecule has 1 fully saturated rings. The maximum atomic E-state index is 10.9. The van der Waals surface area contributed by atoms with Gasteiger partial charge in [0.25, 0.3) is 0 Å². The molecule has 1 heterocycles. The third-order valence-corrected chi connectivity index (χ3v) is 3.53. The Morgan fingerprint density at radius 3 is 2.50 bits per heavy atom. The van der Waals surface area contributed by atoms with Crippen molar-refractivity contribution in [2.24, 2.45) is 5.41 Å². The second-order valence-corrected chi connectivity index (χ2v) is 5.51. The molecule has 1 saturated heterocycles. The van der Waals surface area contributed by atoms with Crippen molar-refractivity contribution in [1.29, 1.82) is 0 Å². The largest absolute Gasteiger partial charge is 0.303 e. The van der Waals surface area contributed by atoms with Crippen LogP contribution in [0.3, 0.4) is 0 Å². The van der Waals surface area contributed by atoms with E-state index in [1.165, 1.54) is 6.42 Å². The van der Waals surface area contributed by atoms with Gasteiger partial charge in [0, 0.05) is 24.5 Å². The van der Waals surface area contributed by atoms with E-state index in [0.717, 1.165) is 39.0 Å². The zero-order chi connectivity index (χ0) is 12.2. The van der Waals surface area contributed by atoms with Crippen molar-refractivity contribution in [2.45, 2.75) is 40.2 Å². The lowest BCUT2D eigenvalue weighted by molar-refractivity contribution is -0.115. The monoisotopic (exact) mass is 226 g/mol. The van der Waals surface area contributed by atoms with E-state index in [0.29, 0.717) is 6.04 Å². The van der Waals surface area contributed by atoms with Gasteiger partial charge < -0.3 is 9.69 Å². The number of likely N-dealkylation sites (tertiary alicyclic amines) is 1. The number of rotatable bonds is 6. The van der Waals surface area contributed by atoms with E-state index < -0.39 is 0 Å². The second kappa shape index (κ2) is 5.78. The lowest BCUT2D eigenvalue weighted by atomic mass is 9.95. The maximum Gasteiger partial charge on any atom is 0.126 e. The Balaban J connectivity index is 2.43. The van der Waals surface area contributed by atoms with Gasteiger partial charge in [-0.25, -0.2) is 0 Å². The van der Waals surface area contributed by atoms with Crippen molar-refractivity contribution in [2.75, 3.05) is 32.7 Å². The molecule has 1 rings (SSSR count). The smallest absolute Gasteiger partial charge is 0.126 e. The molecule has 16 heavy (non-hydrogen) atoms. The van der Waals surface area contributed by atoms with Gasteiger partial charge in [0.15, 0.2) is 0 Å². The minimum atomic E-state index is -0.196. The van der Waals surface area contributed by atoms with Gasteiger partial charge in [-0.1, -0.05) is 27.7 Å². The van der Waals surface area contributed by atoms with Gasteiger partial charge in [0.05, 0.1) is 0 Å². The molecular weight excluding hydrogens is 200 g/mol. The first-order valence-electron chi connectivity index (χ1n) is 6.45. The molecule has 0 amide bonds. The molecule has 3 heteroatoms. The summed E-state index contributed by atoms with van der Waals surface area (Å²) < 4.78 is 0. The van der Waals surface area contributed by atoms with Crippen LogP contribution >= 0.6 is 0 Å². The van der Waals surface area contributed by atoms with E-state index in [1.807, 2.05) is 13.8 Å². The molecule has 3 nitrogen and oxygen atoms in total. The molecule has 0 aromatic heterocycles. The number of carbonyl (C=O) groups is 1. The van der Waals surface area contributed by atoms with Crippen molar-refractivity contribution in [3.63, 3.8) is 0 Å². The topological polar surface area (TPSA) is 23.6 Å². The number of likely N-dealkylation sites (N-methyl/N-ethyl adjacent to an activating group) is 1. The quantitative estimate of drug-likeness (QED) is 0.643. The van der Waals surface area contributed by atoms with Crippen LogP contribution in [-0.4, -0.2) is 54.9 Å². The van der Waals surface area contributed by atoms with Crippen LogP contribution in [0, 0.1) is 5.41 Å². The molecular formula is C13H26N2O. The van der Waals surface area contributed by atoms with Gasteiger partial charge in [0.1, 0.15) is 6.29 Å². The SMILES string of the molecule is CCN(CC)C1CCN(CC(C)(C)C=O)C1. The molecule has 1 aliphatic rings. The highest BCUT2D eigenvalue weighted by molar-refractivity contribution is 5.58. The van der Waals surface area contributed by atoms with E-state index in [2.05, 4.69) is 23.6 Å². The Bertz CT molecular complexity index is 224. The molecule has 1 unspecified atom stereocenters. The van der Waals surface area contributed by atoms with Gasteiger partial charge in [-0.15, -0.1) is 0 Å². The van der Waals surface area contributed by atoms with Gasteiger partial charge in [-0.3, -0.25) is 4.90 Å². The van der Waals surface area contributed by atoms with Crippen LogP contribution < -0.4 is 0 Å². The zero-order valence-corrected chi connectivity index (χ0v) is 11.2. The number of nitrogens with zero attached hydrogens (tertiary/aromatic N) is 2. The maximum absolute atomic E-state index is 10.9. The molecule has 0 saturated carbocycles. The lowest BCUT2D eigenvalue weighted by Crippen LogP contribution is -2.39. The standard InChI is InChI=1S/C13H26N2O/c1-5-15(6-2)12-7-8-14(9-12)10-13(3,4)11-16/h11-12H,5-10H2,1-4H3. The fraction of sp³-hybridized carbons (Fsp3) is 0.923. The van der Waals surface area contributed by atoms with Crippen molar-refractivity contribution in [1.82, 2.24) is 9.80 Å². The molecule has 0 N–H and O–H groups in total. The Labute approximate surface area is 99.8 Å². The molecule has 94 valence electrons. The summed E-state index contributed by atoms with van der Waals surface area (Å²) in [6.07, 6.45) is 2.33. The predicted molar refractivity (Wildman–Crippen MR) is 67.6 cm³/mol. The summed E-state index contributed by atoms with van der Waals surface area (Å²) in [6, 6.07) is 0.692. The summed E-state index contributed by atoms with van der Waals surface area (Å²) in [5.41, 5.74) is -0.196. The minimum absolute atomic E-state index is 0.196. The molecule has 1 atom stereocenters. The summed E-state index contributed by atoms with van der Waals surface area (Å²) in [5.74, 6) is 0. The predicted octanol–water partition coefficient (Wildman–Crippen LogP) is 1.63. The summed E-state index contributed by atoms with van der Waals surface area (Å²) in [7, 11) is 0. The highest BCUT2D eigenvalue weighted by Crippen LogP contribution is 2.20. The second-order valence-electron chi connectivity index (χ2n) is 5.51. The summed E-state index contributed by atoms with van der Waals surface area (Å²) in [4.78, 5) is 15.9. The molecule has 0 aliphatic carbocycles. The number of hydrogen-bond acceptors (Lipinski definition) is 3. The van der Waals surface area contributed by atoms with E-state index in [-0.39, 0.29) is 5.41 Å². The fourth-order valence-corrected chi connectivity index (χ4v) is 2.61. The van der Waals surface area contributed by atoms with Crippen LogP contribution in [0.25, 0.3) is 0 Å². The minimum Gasteiger partial charge on any atom is -0.303 e. The van der Waals surface area contributed by atoms with Crippen LogP contribution in [0.5, 0.6) is 0 Å². The first kappa shape index (κ1) is 13.7. The summed E-state index contributed by atoms with van der Waals surface area (Å²) in [5, 5.41) is 0. The Morgan fingerprint density at radius 1 is 1.38 bits per heavy atom. The first-order valence-corrected chi connectivity index (χ1v) is 6.45. The molecule has 0 radical (unpaired) electrons. The lowest BCUT2D eigenvalue weighted by Gasteiger charge is -2.28. The number of aldehydes is 1. The van der Waals surface area contributed by atoms with E-state index in [1.54, 1.807) is 0 Å². The first-order chi connectivity index (χ1) is 7.52. The third-order valence-electron chi connectivity index (χ3n) is 3.53. The normalized spacial score (nSPS) is 22.9. The third kappa shape index (κ3) is 3.56. The van der Waals surface area contributed by atoms with Crippen LogP contribution in [0.2, 0.25) is 0 Å². The van der Waals surface area contributed by atoms with Crippen LogP contribution in [0.15, 0.2) is 0 Å². The average molecular weight is 226 g/mol. The molecule has 1 aliphatic heterocycles. The fourth-order valence-electron chi connectivity index (χ4n) is 2.61. The number of carbonyl (C=O) groups excluding carboxylic acids is 1. The average Bonchev–Trinajstić information content (AvgIpc) is 2.68. The summed E-state index contributed by atoms with van der Waals surface area (Å²) in [6.45, 7) is 13.9. The van der Waals surface area contributed by atoms with Crippen molar-refractivity contribution in [3.8, 4) is 0 Å². The van der Waals surface area contributed by atoms with Gasteiger partial charge in [-0.05, 0) is 26.1 Å². The van der Waals surface area contributed by atoms with Gasteiger partial charge in [-0.2, -0.15) is 0 Å².